The molecule has 0 aliphatic carbocycles. The quantitative estimate of drug-likeness (QED) is 0.746. The van der Waals surface area contributed by atoms with Gasteiger partial charge in [0.05, 0.1) is 0 Å². The van der Waals surface area contributed by atoms with Crippen LogP contribution >= 0.6 is 11.3 Å². The summed E-state index contributed by atoms with van der Waals surface area (Å²) in [6.45, 7) is 10.8. The number of aryl methyl sites for hydroxylation is 2. The Bertz CT molecular complexity index is 385. The smallest absolute Gasteiger partial charge is 0.221 e. The Balaban J connectivity index is 2.15. The summed E-state index contributed by atoms with van der Waals surface area (Å²) in [5.74, 6) is 0.646. The fourth-order valence-corrected chi connectivity index (χ4v) is 2.64. The summed E-state index contributed by atoms with van der Waals surface area (Å²) in [6, 6.07) is 2.21. The fourth-order valence-electron chi connectivity index (χ4n) is 1.69. The van der Waals surface area contributed by atoms with Crippen molar-refractivity contribution in [3.05, 3.63) is 21.4 Å². The Morgan fingerprint density at radius 1 is 1.39 bits per heavy atom. The molecule has 1 aromatic rings. The zero-order valence-electron chi connectivity index (χ0n) is 11.8. The third-order valence-electron chi connectivity index (χ3n) is 2.70. The van der Waals surface area contributed by atoms with Gasteiger partial charge in [-0.25, -0.2) is 0 Å². The van der Waals surface area contributed by atoms with Crippen molar-refractivity contribution in [2.24, 2.45) is 5.92 Å². The molecule has 0 aliphatic heterocycles. The Kier molecular flexibility index (Phi) is 6.36. The minimum Gasteiger partial charge on any atom is -0.356 e. The lowest BCUT2D eigenvalue weighted by molar-refractivity contribution is -0.121. The lowest BCUT2D eigenvalue weighted by Crippen LogP contribution is -2.30. The second-order valence-electron chi connectivity index (χ2n) is 5.06. The molecule has 0 unspecified atom stereocenters. The minimum absolute atomic E-state index is 0.134. The highest BCUT2D eigenvalue weighted by molar-refractivity contribution is 7.12. The number of rotatable bonds is 7. The fraction of sp³-hybridized carbons (Fsp3) is 0.643. The maximum Gasteiger partial charge on any atom is 0.221 e. The Morgan fingerprint density at radius 3 is 2.67 bits per heavy atom. The van der Waals surface area contributed by atoms with Crippen molar-refractivity contribution in [3.8, 4) is 0 Å². The summed E-state index contributed by atoms with van der Waals surface area (Å²) < 4.78 is 0. The van der Waals surface area contributed by atoms with Crippen molar-refractivity contribution in [1.29, 1.82) is 0 Å². The zero-order valence-corrected chi connectivity index (χ0v) is 12.6. The van der Waals surface area contributed by atoms with Crippen molar-refractivity contribution < 1.29 is 4.79 Å². The molecule has 0 spiro atoms. The Labute approximate surface area is 114 Å². The maximum atomic E-state index is 11.5. The summed E-state index contributed by atoms with van der Waals surface area (Å²) in [5, 5.41) is 6.24. The molecule has 1 rings (SSSR count). The van der Waals surface area contributed by atoms with Crippen LogP contribution in [-0.2, 0) is 11.3 Å². The van der Waals surface area contributed by atoms with E-state index in [0.29, 0.717) is 12.3 Å². The van der Waals surface area contributed by atoms with Crippen LogP contribution < -0.4 is 10.6 Å². The van der Waals surface area contributed by atoms with Crippen LogP contribution in [-0.4, -0.2) is 19.0 Å². The van der Waals surface area contributed by atoms with Gasteiger partial charge >= 0.3 is 0 Å². The minimum atomic E-state index is 0.134. The van der Waals surface area contributed by atoms with Gasteiger partial charge < -0.3 is 10.6 Å². The highest BCUT2D eigenvalue weighted by Crippen LogP contribution is 2.20. The maximum absolute atomic E-state index is 11.5. The molecule has 0 aliphatic rings. The lowest BCUT2D eigenvalue weighted by atomic mass is 10.2. The first-order chi connectivity index (χ1) is 8.49. The second kappa shape index (κ2) is 7.54. The van der Waals surface area contributed by atoms with Crippen LogP contribution in [0.3, 0.4) is 0 Å². The standard InChI is InChI=1S/C14H24N2OS/c1-10(2)8-16-14(17)5-6-15-9-13-7-11(3)18-12(13)4/h7,10,15H,5-6,8-9H2,1-4H3,(H,16,17). The summed E-state index contributed by atoms with van der Waals surface area (Å²) >= 11 is 1.83. The monoisotopic (exact) mass is 268 g/mol. The molecule has 1 amide bonds. The number of thiophene rings is 1. The SMILES string of the molecule is Cc1cc(CNCCC(=O)NCC(C)C)c(C)s1. The lowest BCUT2D eigenvalue weighted by Gasteiger charge is -2.08. The molecule has 3 nitrogen and oxygen atoms in total. The van der Waals surface area contributed by atoms with E-state index in [1.54, 1.807) is 0 Å². The first-order valence-electron chi connectivity index (χ1n) is 6.52. The van der Waals surface area contributed by atoms with E-state index in [9.17, 15) is 4.79 Å². The van der Waals surface area contributed by atoms with Gasteiger partial charge in [-0.05, 0) is 31.4 Å². The zero-order chi connectivity index (χ0) is 13.5. The normalized spacial score (nSPS) is 10.9. The average Bonchev–Trinajstić information content (AvgIpc) is 2.60. The highest BCUT2D eigenvalue weighted by Gasteiger charge is 2.04. The molecule has 1 aromatic heterocycles. The summed E-state index contributed by atoms with van der Waals surface area (Å²) in [4.78, 5) is 14.2. The highest BCUT2D eigenvalue weighted by atomic mass is 32.1. The molecule has 0 saturated carbocycles. The van der Waals surface area contributed by atoms with Crippen molar-refractivity contribution in [2.45, 2.75) is 40.7 Å². The van der Waals surface area contributed by atoms with Crippen LogP contribution in [0.15, 0.2) is 6.07 Å². The number of amides is 1. The van der Waals surface area contributed by atoms with E-state index in [2.05, 4.69) is 44.4 Å². The van der Waals surface area contributed by atoms with Crippen molar-refractivity contribution in [1.82, 2.24) is 10.6 Å². The van der Waals surface area contributed by atoms with Crippen LogP contribution in [0.2, 0.25) is 0 Å². The molecule has 0 saturated heterocycles. The number of carbonyl (C=O) groups excluding carboxylic acids is 1. The predicted molar refractivity (Wildman–Crippen MR) is 78.0 cm³/mol. The second-order valence-corrected chi connectivity index (χ2v) is 6.52. The van der Waals surface area contributed by atoms with E-state index in [1.807, 2.05) is 11.3 Å². The third kappa shape index (κ3) is 5.65. The van der Waals surface area contributed by atoms with Gasteiger partial charge in [0.1, 0.15) is 0 Å². The number of carbonyl (C=O) groups is 1. The molecule has 0 aromatic carbocycles. The molecular formula is C14H24N2OS. The number of nitrogens with one attached hydrogen (secondary N) is 2. The predicted octanol–water partition coefficient (Wildman–Crippen LogP) is 2.62. The van der Waals surface area contributed by atoms with Crippen LogP contribution in [0.5, 0.6) is 0 Å². The summed E-state index contributed by atoms with van der Waals surface area (Å²) in [6.07, 6.45) is 0.550. The number of hydrogen-bond donors (Lipinski definition) is 2. The van der Waals surface area contributed by atoms with Crippen LogP contribution in [0, 0.1) is 19.8 Å². The summed E-state index contributed by atoms with van der Waals surface area (Å²) in [5.41, 5.74) is 1.35. The topological polar surface area (TPSA) is 41.1 Å². The molecule has 18 heavy (non-hydrogen) atoms. The Hall–Kier alpha value is -0.870. The van der Waals surface area contributed by atoms with Gasteiger partial charge in [-0.1, -0.05) is 13.8 Å². The van der Waals surface area contributed by atoms with Crippen LogP contribution in [0.1, 0.15) is 35.6 Å². The first-order valence-corrected chi connectivity index (χ1v) is 7.34. The van der Waals surface area contributed by atoms with E-state index >= 15 is 0 Å². The van der Waals surface area contributed by atoms with Crippen molar-refractivity contribution in [3.63, 3.8) is 0 Å². The van der Waals surface area contributed by atoms with Crippen LogP contribution in [0.25, 0.3) is 0 Å². The van der Waals surface area contributed by atoms with Gasteiger partial charge in [-0.3, -0.25) is 4.79 Å². The molecule has 1 heterocycles. The van der Waals surface area contributed by atoms with E-state index in [-0.39, 0.29) is 5.91 Å². The molecular weight excluding hydrogens is 244 g/mol. The largest absolute Gasteiger partial charge is 0.356 e. The average molecular weight is 268 g/mol. The molecule has 2 N–H and O–H groups in total. The molecule has 4 heteroatoms. The molecule has 0 atom stereocenters. The van der Waals surface area contributed by atoms with E-state index in [1.165, 1.54) is 15.3 Å². The number of hydrogen-bond acceptors (Lipinski definition) is 3. The first kappa shape index (κ1) is 15.2. The van der Waals surface area contributed by atoms with Gasteiger partial charge in [0.25, 0.3) is 0 Å². The van der Waals surface area contributed by atoms with E-state index < -0.39 is 0 Å². The van der Waals surface area contributed by atoms with E-state index in [4.69, 9.17) is 0 Å². The van der Waals surface area contributed by atoms with Gasteiger partial charge in [-0.2, -0.15) is 0 Å². The van der Waals surface area contributed by atoms with Gasteiger partial charge in [0.2, 0.25) is 5.91 Å². The Morgan fingerprint density at radius 2 is 2.11 bits per heavy atom. The van der Waals surface area contributed by atoms with Gasteiger partial charge in [-0.15, -0.1) is 11.3 Å². The molecule has 102 valence electrons. The van der Waals surface area contributed by atoms with Gasteiger partial charge in [0.15, 0.2) is 0 Å². The summed E-state index contributed by atoms with van der Waals surface area (Å²) in [7, 11) is 0. The third-order valence-corrected chi connectivity index (χ3v) is 3.70. The molecule has 0 radical (unpaired) electrons. The molecule has 0 bridgehead atoms. The van der Waals surface area contributed by atoms with E-state index in [0.717, 1.165) is 19.6 Å². The van der Waals surface area contributed by atoms with Crippen LogP contribution in [0.4, 0.5) is 0 Å². The molecule has 0 fully saturated rings. The van der Waals surface area contributed by atoms with Gasteiger partial charge in [0, 0.05) is 35.8 Å². The van der Waals surface area contributed by atoms with Crippen molar-refractivity contribution in [2.75, 3.05) is 13.1 Å². The van der Waals surface area contributed by atoms with Crippen molar-refractivity contribution >= 4 is 17.2 Å².